The fourth-order valence-electron chi connectivity index (χ4n) is 2.89. The summed E-state index contributed by atoms with van der Waals surface area (Å²) in [7, 11) is 0. The van der Waals surface area contributed by atoms with E-state index in [1.807, 2.05) is 24.3 Å². The summed E-state index contributed by atoms with van der Waals surface area (Å²) in [6.45, 7) is 3.02. The van der Waals surface area contributed by atoms with Crippen molar-refractivity contribution in [3.63, 3.8) is 0 Å². The highest BCUT2D eigenvalue weighted by molar-refractivity contribution is 6.07. The van der Waals surface area contributed by atoms with Crippen LogP contribution in [0.5, 0.6) is 0 Å². The van der Waals surface area contributed by atoms with Crippen molar-refractivity contribution in [1.82, 2.24) is 4.57 Å². The molecular formula is C20H19N3O3. The fourth-order valence-corrected chi connectivity index (χ4v) is 2.89. The number of fused-ring (bicyclic) bond motifs is 1. The van der Waals surface area contributed by atoms with Crippen LogP contribution in [-0.4, -0.2) is 22.2 Å². The number of carbonyl (C=O) groups excluding carboxylic acids is 3. The van der Waals surface area contributed by atoms with Crippen LogP contribution in [0.1, 0.15) is 24.2 Å². The first kappa shape index (κ1) is 17.4. The summed E-state index contributed by atoms with van der Waals surface area (Å²) >= 11 is 0. The minimum atomic E-state index is -0.221. The number of Topliss-reactive ketones (excluding diaryl/α,β-unsaturated/α-hetero) is 1. The van der Waals surface area contributed by atoms with Crippen LogP contribution >= 0.6 is 0 Å². The van der Waals surface area contributed by atoms with Gasteiger partial charge >= 0.3 is 0 Å². The molecule has 0 atom stereocenters. The molecule has 6 heteroatoms. The van der Waals surface area contributed by atoms with Crippen LogP contribution in [0.4, 0.5) is 11.4 Å². The highest BCUT2D eigenvalue weighted by atomic mass is 16.2. The minimum Gasteiger partial charge on any atom is -0.337 e. The van der Waals surface area contributed by atoms with E-state index >= 15 is 0 Å². The highest BCUT2D eigenvalue weighted by Gasteiger charge is 2.13. The Kier molecular flexibility index (Phi) is 4.84. The number of amides is 2. The van der Waals surface area contributed by atoms with E-state index in [0.717, 1.165) is 10.9 Å². The van der Waals surface area contributed by atoms with E-state index < -0.39 is 0 Å². The third-order valence-corrected chi connectivity index (χ3v) is 3.95. The molecule has 0 saturated heterocycles. The van der Waals surface area contributed by atoms with Crippen LogP contribution in [0, 0.1) is 0 Å². The first-order valence-electron chi connectivity index (χ1n) is 8.20. The molecule has 0 aliphatic carbocycles. The smallest absolute Gasteiger partial charge is 0.244 e. The zero-order chi connectivity index (χ0) is 18.7. The summed E-state index contributed by atoms with van der Waals surface area (Å²) in [6.07, 6.45) is 1.71. The van der Waals surface area contributed by atoms with Crippen LogP contribution in [0.25, 0.3) is 10.9 Å². The van der Waals surface area contributed by atoms with E-state index in [1.165, 1.54) is 13.8 Å². The Morgan fingerprint density at radius 1 is 0.923 bits per heavy atom. The molecule has 3 rings (SSSR count). The van der Waals surface area contributed by atoms with E-state index in [1.54, 1.807) is 35.0 Å². The molecule has 132 valence electrons. The number of carbonyl (C=O) groups is 3. The standard InChI is InChI=1S/C20H19N3O3/c1-13(24)18-11-23(19-9-4-3-8-17(18)19)12-20(26)22-16-7-5-6-15(10-16)21-14(2)25/h3-11H,12H2,1-2H3,(H,21,25)(H,22,26). The minimum absolute atomic E-state index is 0.0385. The van der Waals surface area contributed by atoms with E-state index in [2.05, 4.69) is 10.6 Å². The largest absolute Gasteiger partial charge is 0.337 e. The molecule has 0 bridgehead atoms. The van der Waals surface area contributed by atoms with Crippen LogP contribution < -0.4 is 10.6 Å². The second-order valence-electron chi connectivity index (χ2n) is 6.05. The van der Waals surface area contributed by atoms with Gasteiger partial charge in [-0.3, -0.25) is 14.4 Å². The van der Waals surface area contributed by atoms with Crippen LogP contribution in [0.15, 0.2) is 54.7 Å². The van der Waals surface area contributed by atoms with Crippen LogP contribution in [0.3, 0.4) is 0 Å². The number of nitrogens with zero attached hydrogens (tertiary/aromatic N) is 1. The predicted molar refractivity (Wildman–Crippen MR) is 101 cm³/mol. The number of aromatic nitrogens is 1. The molecule has 1 aromatic heterocycles. The lowest BCUT2D eigenvalue weighted by molar-refractivity contribution is -0.116. The summed E-state index contributed by atoms with van der Waals surface area (Å²) in [4.78, 5) is 35.4. The molecule has 26 heavy (non-hydrogen) atoms. The lowest BCUT2D eigenvalue weighted by Gasteiger charge is -2.09. The normalized spacial score (nSPS) is 10.5. The van der Waals surface area contributed by atoms with Gasteiger partial charge in [-0.1, -0.05) is 24.3 Å². The Hall–Kier alpha value is -3.41. The average Bonchev–Trinajstić information content (AvgIpc) is 2.93. The quantitative estimate of drug-likeness (QED) is 0.693. The second-order valence-corrected chi connectivity index (χ2v) is 6.05. The molecular weight excluding hydrogens is 330 g/mol. The Bertz CT molecular complexity index is 1000. The van der Waals surface area contributed by atoms with Crippen molar-refractivity contribution in [2.75, 3.05) is 10.6 Å². The van der Waals surface area contributed by atoms with Gasteiger partial charge in [0.25, 0.3) is 0 Å². The maximum Gasteiger partial charge on any atom is 0.244 e. The van der Waals surface area contributed by atoms with Gasteiger partial charge in [0, 0.05) is 41.0 Å². The topological polar surface area (TPSA) is 80.2 Å². The van der Waals surface area contributed by atoms with Crippen molar-refractivity contribution in [2.24, 2.45) is 0 Å². The molecule has 0 spiro atoms. The number of rotatable bonds is 5. The van der Waals surface area contributed by atoms with Gasteiger partial charge in [-0.15, -0.1) is 0 Å². The monoisotopic (exact) mass is 349 g/mol. The van der Waals surface area contributed by atoms with Crippen molar-refractivity contribution < 1.29 is 14.4 Å². The molecule has 0 unspecified atom stereocenters. The maximum absolute atomic E-state index is 12.4. The van der Waals surface area contributed by atoms with Gasteiger partial charge < -0.3 is 15.2 Å². The summed E-state index contributed by atoms with van der Waals surface area (Å²) < 4.78 is 1.76. The number of benzene rings is 2. The first-order chi connectivity index (χ1) is 12.4. The maximum atomic E-state index is 12.4. The number of hydrogen-bond acceptors (Lipinski definition) is 3. The summed E-state index contributed by atoms with van der Waals surface area (Å²) in [5.41, 5.74) is 2.63. The van der Waals surface area contributed by atoms with Gasteiger partial charge in [0.1, 0.15) is 6.54 Å². The number of ketones is 1. The Balaban J connectivity index is 1.80. The third-order valence-electron chi connectivity index (χ3n) is 3.95. The van der Waals surface area contributed by atoms with Gasteiger partial charge in [-0.2, -0.15) is 0 Å². The van der Waals surface area contributed by atoms with E-state index in [-0.39, 0.29) is 24.1 Å². The molecule has 3 aromatic rings. The highest BCUT2D eigenvalue weighted by Crippen LogP contribution is 2.22. The van der Waals surface area contributed by atoms with E-state index in [9.17, 15) is 14.4 Å². The Morgan fingerprint density at radius 2 is 1.62 bits per heavy atom. The lowest BCUT2D eigenvalue weighted by Crippen LogP contribution is -2.18. The summed E-state index contributed by atoms with van der Waals surface area (Å²) in [5.74, 6) is -0.437. The van der Waals surface area contributed by atoms with Crippen LogP contribution in [-0.2, 0) is 16.1 Å². The molecule has 0 aliphatic rings. The van der Waals surface area contributed by atoms with Crippen molar-refractivity contribution in [2.45, 2.75) is 20.4 Å². The Labute approximate surface area is 150 Å². The molecule has 0 aliphatic heterocycles. The van der Waals surface area contributed by atoms with Crippen molar-refractivity contribution in [3.8, 4) is 0 Å². The average molecular weight is 349 g/mol. The summed E-state index contributed by atoms with van der Waals surface area (Å²) in [5, 5.41) is 6.32. The number of anilines is 2. The molecule has 6 nitrogen and oxygen atoms in total. The third kappa shape index (κ3) is 3.80. The molecule has 0 fully saturated rings. The van der Waals surface area contributed by atoms with Gasteiger partial charge in [0.15, 0.2) is 5.78 Å². The zero-order valence-electron chi connectivity index (χ0n) is 14.6. The zero-order valence-corrected chi connectivity index (χ0v) is 14.6. The van der Waals surface area contributed by atoms with Crippen molar-refractivity contribution in [1.29, 1.82) is 0 Å². The first-order valence-corrected chi connectivity index (χ1v) is 8.20. The SMILES string of the molecule is CC(=O)Nc1cccc(NC(=O)Cn2cc(C(C)=O)c3ccccc32)c1. The number of nitrogens with one attached hydrogen (secondary N) is 2. The van der Waals surface area contributed by atoms with E-state index in [4.69, 9.17) is 0 Å². The van der Waals surface area contributed by atoms with Gasteiger partial charge in [-0.25, -0.2) is 0 Å². The molecule has 0 saturated carbocycles. The molecule has 0 radical (unpaired) electrons. The Morgan fingerprint density at radius 3 is 2.31 bits per heavy atom. The fraction of sp³-hybridized carbons (Fsp3) is 0.150. The van der Waals surface area contributed by atoms with E-state index in [0.29, 0.717) is 16.9 Å². The van der Waals surface area contributed by atoms with Crippen molar-refractivity contribution in [3.05, 3.63) is 60.3 Å². The van der Waals surface area contributed by atoms with Gasteiger partial charge in [0.2, 0.25) is 11.8 Å². The van der Waals surface area contributed by atoms with Gasteiger partial charge in [0.05, 0.1) is 0 Å². The number of para-hydroxylation sites is 1. The predicted octanol–water partition coefficient (Wildman–Crippen LogP) is 3.44. The van der Waals surface area contributed by atoms with Crippen LogP contribution in [0.2, 0.25) is 0 Å². The molecule has 2 N–H and O–H groups in total. The molecule has 2 aromatic carbocycles. The number of hydrogen-bond donors (Lipinski definition) is 2. The van der Waals surface area contributed by atoms with Gasteiger partial charge in [-0.05, 0) is 31.2 Å². The molecule has 1 heterocycles. The molecule has 2 amide bonds. The lowest BCUT2D eigenvalue weighted by atomic mass is 10.1. The second kappa shape index (κ2) is 7.23. The van der Waals surface area contributed by atoms with Crippen molar-refractivity contribution >= 4 is 39.9 Å². The summed E-state index contributed by atoms with van der Waals surface area (Å²) in [6, 6.07) is 14.4.